The van der Waals surface area contributed by atoms with Crippen LogP contribution in [0.3, 0.4) is 0 Å². The summed E-state index contributed by atoms with van der Waals surface area (Å²) in [4.78, 5) is 11.5. The molecule has 0 aliphatic carbocycles. The second-order valence-corrected chi connectivity index (χ2v) is 4.87. The van der Waals surface area contributed by atoms with Gasteiger partial charge in [-0.2, -0.15) is 0 Å². The van der Waals surface area contributed by atoms with E-state index in [-0.39, 0.29) is 12.5 Å². The molecule has 0 amide bonds. The van der Waals surface area contributed by atoms with Gasteiger partial charge in [-0.25, -0.2) is 0 Å². The molecule has 0 saturated heterocycles. The molecule has 1 atom stereocenters. The first-order valence-corrected chi connectivity index (χ1v) is 6.64. The van der Waals surface area contributed by atoms with Gasteiger partial charge in [-0.15, -0.1) is 0 Å². The van der Waals surface area contributed by atoms with Crippen LogP contribution < -0.4 is 5.32 Å². The summed E-state index contributed by atoms with van der Waals surface area (Å²) in [7, 11) is 0. The Bertz CT molecular complexity index is 365. The Labute approximate surface area is 113 Å². The summed E-state index contributed by atoms with van der Waals surface area (Å²) in [6.45, 7) is 4.89. The van der Waals surface area contributed by atoms with E-state index in [1.165, 1.54) is 0 Å². The van der Waals surface area contributed by atoms with Crippen molar-refractivity contribution >= 4 is 23.3 Å². The fourth-order valence-corrected chi connectivity index (χ4v) is 1.73. The number of rotatable bonds is 7. The van der Waals surface area contributed by atoms with E-state index in [1.807, 2.05) is 12.1 Å². The maximum absolute atomic E-state index is 11.5. The standard InChI is InChI=1S/C14H20ClNO2/c1-3-4-11(2)10-18-14(17)9-16-13-7-5-12(15)6-8-13/h5-8,11,16H,3-4,9-10H2,1-2H3. The first-order valence-electron chi connectivity index (χ1n) is 6.27. The van der Waals surface area contributed by atoms with Crippen molar-refractivity contribution in [3.63, 3.8) is 0 Å². The Morgan fingerprint density at radius 3 is 2.67 bits per heavy atom. The van der Waals surface area contributed by atoms with Gasteiger partial charge >= 0.3 is 5.97 Å². The van der Waals surface area contributed by atoms with E-state index in [9.17, 15) is 4.79 Å². The van der Waals surface area contributed by atoms with Gasteiger partial charge in [-0.3, -0.25) is 4.79 Å². The molecule has 1 rings (SSSR count). The van der Waals surface area contributed by atoms with E-state index in [1.54, 1.807) is 12.1 Å². The molecule has 0 aromatic heterocycles. The van der Waals surface area contributed by atoms with Gasteiger partial charge in [0.1, 0.15) is 6.54 Å². The number of hydrogen-bond donors (Lipinski definition) is 1. The molecule has 0 bridgehead atoms. The second-order valence-electron chi connectivity index (χ2n) is 4.44. The number of nitrogens with one attached hydrogen (secondary N) is 1. The molecule has 0 saturated carbocycles. The zero-order valence-electron chi connectivity index (χ0n) is 10.9. The average molecular weight is 270 g/mol. The van der Waals surface area contributed by atoms with Crippen molar-refractivity contribution in [3.8, 4) is 0 Å². The van der Waals surface area contributed by atoms with Crippen LogP contribution in [0.5, 0.6) is 0 Å². The molecule has 0 heterocycles. The van der Waals surface area contributed by atoms with Gasteiger partial charge in [-0.05, 0) is 36.6 Å². The summed E-state index contributed by atoms with van der Waals surface area (Å²) >= 11 is 5.77. The number of benzene rings is 1. The molecule has 0 aliphatic heterocycles. The van der Waals surface area contributed by atoms with Crippen molar-refractivity contribution in [2.75, 3.05) is 18.5 Å². The minimum Gasteiger partial charge on any atom is -0.464 e. The lowest BCUT2D eigenvalue weighted by Gasteiger charge is -2.11. The van der Waals surface area contributed by atoms with Crippen LogP contribution in [0.1, 0.15) is 26.7 Å². The third kappa shape index (κ3) is 5.92. The maximum atomic E-state index is 11.5. The van der Waals surface area contributed by atoms with Crippen LogP contribution >= 0.6 is 11.6 Å². The van der Waals surface area contributed by atoms with Crippen molar-refractivity contribution in [2.24, 2.45) is 5.92 Å². The van der Waals surface area contributed by atoms with Crippen molar-refractivity contribution in [3.05, 3.63) is 29.3 Å². The number of ether oxygens (including phenoxy) is 1. The number of anilines is 1. The highest BCUT2D eigenvalue weighted by atomic mass is 35.5. The van der Waals surface area contributed by atoms with Crippen molar-refractivity contribution in [1.82, 2.24) is 0 Å². The summed E-state index contributed by atoms with van der Waals surface area (Å²) in [6, 6.07) is 7.21. The summed E-state index contributed by atoms with van der Waals surface area (Å²) in [5.41, 5.74) is 0.859. The monoisotopic (exact) mass is 269 g/mol. The minimum atomic E-state index is -0.229. The van der Waals surface area contributed by atoms with E-state index in [4.69, 9.17) is 16.3 Å². The highest BCUT2D eigenvalue weighted by Crippen LogP contribution is 2.13. The Kier molecular flexibility index (Phi) is 6.58. The lowest BCUT2D eigenvalue weighted by molar-refractivity contribution is -0.142. The molecule has 1 aromatic rings. The smallest absolute Gasteiger partial charge is 0.325 e. The molecule has 0 fully saturated rings. The Hall–Kier alpha value is -1.22. The molecule has 1 unspecified atom stereocenters. The third-order valence-electron chi connectivity index (χ3n) is 2.59. The number of carbonyl (C=O) groups excluding carboxylic acids is 1. The van der Waals surface area contributed by atoms with Crippen LogP contribution in [-0.2, 0) is 9.53 Å². The summed E-state index contributed by atoms with van der Waals surface area (Å²) < 4.78 is 5.17. The molecular formula is C14H20ClNO2. The fourth-order valence-electron chi connectivity index (χ4n) is 1.60. The Balaban J connectivity index is 2.22. The quantitative estimate of drug-likeness (QED) is 0.767. The van der Waals surface area contributed by atoms with Gasteiger partial charge in [0, 0.05) is 10.7 Å². The molecule has 18 heavy (non-hydrogen) atoms. The first-order chi connectivity index (χ1) is 8.61. The van der Waals surface area contributed by atoms with E-state index in [2.05, 4.69) is 19.2 Å². The van der Waals surface area contributed by atoms with Crippen LogP contribution in [0.15, 0.2) is 24.3 Å². The molecule has 100 valence electrons. The van der Waals surface area contributed by atoms with E-state index >= 15 is 0 Å². The minimum absolute atomic E-state index is 0.181. The highest BCUT2D eigenvalue weighted by molar-refractivity contribution is 6.30. The van der Waals surface area contributed by atoms with E-state index < -0.39 is 0 Å². The molecule has 0 spiro atoms. The highest BCUT2D eigenvalue weighted by Gasteiger charge is 2.06. The van der Waals surface area contributed by atoms with Crippen LogP contribution in [0.2, 0.25) is 5.02 Å². The maximum Gasteiger partial charge on any atom is 0.325 e. The van der Waals surface area contributed by atoms with E-state index in [0.29, 0.717) is 17.5 Å². The van der Waals surface area contributed by atoms with Crippen LogP contribution in [0, 0.1) is 5.92 Å². The Morgan fingerprint density at radius 1 is 1.39 bits per heavy atom. The average Bonchev–Trinajstić information content (AvgIpc) is 2.36. The summed E-state index contributed by atoms with van der Waals surface area (Å²) in [6.07, 6.45) is 2.19. The van der Waals surface area contributed by atoms with Gasteiger partial charge in [0.2, 0.25) is 0 Å². The molecule has 0 aliphatic rings. The van der Waals surface area contributed by atoms with Gasteiger partial charge < -0.3 is 10.1 Å². The molecule has 4 heteroatoms. The van der Waals surface area contributed by atoms with Gasteiger partial charge in [0.15, 0.2) is 0 Å². The molecule has 1 N–H and O–H groups in total. The first kappa shape index (κ1) is 14.8. The van der Waals surface area contributed by atoms with Crippen LogP contribution in [-0.4, -0.2) is 19.1 Å². The third-order valence-corrected chi connectivity index (χ3v) is 2.84. The lowest BCUT2D eigenvalue weighted by atomic mass is 10.1. The topological polar surface area (TPSA) is 38.3 Å². The zero-order chi connectivity index (χ0) is 13.4. The number of halogens is 1. The van der Waals surface area contributed by atoms with Crippen molar-refractivity contribution < 1.29 is 9.53 Å². The van der Waals surface area contributed by atoms with Crippen LogP contribution in [0.4, 0.5) is 5.69 Å². The SMILES string of the molecule is CCCC(C)COC(=O)CNc1ccc(Cl)cc1. The van der Waals surface area contributed by atoms with E-state index in [0.717, 1.165) is 18.5 Å². The lowest BCUT2D eigenvalue weighted by Crippen LogP contribution is -2.19. The largest absolute Gasteiger partial charge is 0.464 e. The van der Waals surface area contributed by atoms with Crippen molar-refractivity contribution in [1.29, 1.82) is 0 Å². The Morgan fingerprint density at radius 2 is 2.06 bits per heavy atom. The molecule has 1 aromatic carbocycles. The predicted molar refractivity (Wildman–Crippen MR) is 75.0 cm³/mol. The summed E-state index contributed by atoms with van der Waals surface area (Å²) in [5.74, 6) is 0.197. The summed E-state index contributed by atoms with van der Waals surface area (Å²) in [5, 5.41) is 3.67. The molecule has 0 radical (unpaired) electrons. The fraction of sp³-hybridized carbons (Fsp3) is 0.500. The number of carbonyl (C=O) groups is 1. The van der Waals surface area contributed by atoms with Gasteiger partial charge in [0.25, 0.3) is 0 Å². The zero-order valence-corrected chi connectivity index (χ0v) is 11.7. The molecule has 3 nitrogen and oxygen atoms in total. The number of hydrogen-bond acceptors (Lipinski definition) is 3. The van der Waals surface area contributed by atoms with Crippen molar-refractivity contribution in [2.45, 2.75) is 26.7 Å². The second kappa shape index (κ2) is 7.98. The van der Waals surface area contributed by atoms with Gasteiger partial charge in [-0.1, -0.05) is 31.9 Å². The number of esters is 1. The van der Waals surface area contributed by atoms with Crippen LogP contribution in [0.25, 0.3) is 0 Å². The predicted octanol–water partition coefficient (Wildman–Crippen LogP) is 3.73. The van der Waals surface area contributed by atoms with Gasteiger partial charge in [0.05, 0.1) is 6.61 Å². The molecular weight excluding hydrogens is 250 g/mol. The normalized spacial score (nSPS) is 11.9.